The van der Waals surface area contributed by atoms with E-state index in [-0.39, 0.29) is 11.9 Å². The van der Waals surface area contributed by atoms with Gasteiger partial charge in [-0.1, -0.05) is 18.2 Å². The molecule has 1 unspecified atom stereocenters. The standard InChI is InChI=1S/C16H15FN2O/c1-11(13-5-3-4-6-14(13)17)19-15-8-7-12(10-18)9-16(15)20-2/h3-9,11,19H,1-2H3. The summed E-state index contributed by atoms with van der Waals surface area (Å²) in [6, 6.07) is 13.6. The number of methoxy groups -OCH3 is 1. The molecule has 0 bridgehead atoms. The second-order valence-corrected chi connectivity index (χ2v) is 4.41. The normalized spacial score (nSPS) is 11.5. The molecule has 0 aliphatic heterocycles. The van der Waals surface area contributed by atoms with Crippen molar-refractivity contribution in [2.45, 2.75) is 13.0 Å². The molecule has 3 nitrogen and oxygen atoms in total. The van der Waals surface area contributed by atoms with E-state index in [4.69, 9.17) is 10.00 Å². The summed E-state index contributed by atoms with van der Waals surface area (Å²) >= 11 is 0. The number of hydrogen-bond acceptors (Lipinski definition) is 3. The minimum absolute atomic E-state index is 0.210. The van der Waals surface area contributed by atoms with Gasteiger partial charge in [0.25, 0.3) is 0 Å². The van der Waals surface area contributed by atoms with Crippen molar-refractivity contribution in [3.05, 3.63) is 59.4 Å². The van der Waals surface area contributed by atoms with Crippen molar-refractivity contribution in [2.24, 2.45) is 0 Å². The van der Waals surface area contributed by atoms with Crippen LogP contribution < -0.4 is 10.1 Å². The molecule has 0 amide bonds. The van der Waals surface area contributed by atoms with Gasteiger partial charge in [0.15, 0.2) is 0 Å². The number of nitrogens with one attached hydrogen (secondary N) is 1. The summed E-state index contributed by atoms with van der Waals surface area (Å²) in [7, 11) is 1.54. The fraction of sp³-hybridized carbons (Fsp3) is 0.188. The van der Waals surface area contributed by atoms with E-state index < -0.39 is 0 Å². The van der Waals surface area contributed by atoms with Gasteiger partial charge < -0.3 is 10.1 Å². The number of benzene rings is 2. The molecule has 0 aliphatic rings. The van der Waals surface area contributed by atoms with Gasteiger partial charge in [-0.15, -0.1) is 0 Å². The first-order chi connectivity index (χ1) is 9.65. The Labute approximate surface area is 117 Å². The molecule has 4 heteroatoms. The Kier molecular flexibility index (Phi) is 4.21. The van der Waals surface area contributed by atoms with Crippen LogP contribution >= 0.6 is 0 Å². The summed E-state index contributed by atoms with van der Waals surface area (Å²) in [5.41, 5.74) is 1.83. The van der Waals surface area contributed by atoms with Crippen LogP contribution in [-0.2, 0) is 0 Å². The summed E-state index contributed by atoms with van der Waals surface area (Å²) in [6.07, 6.45) is 0. The zero-order valence-corrected chi connectivity index (χ0v) is 11.4. The van der Waals surface area contributed by atoms with Gasteiger partial charge in [-0.3, -0.25) is 0 Å². The van der Waals surface area contributed by atoms with Crippen molar-refractivity contribution in [3.63, 3.8) is 0 Å². The van der Waals surface area contributed by atoms with Crippen LogP contribution in [0.3, 0.4) is 0 Å². The molecule has 0 saturated heterocycles. The van der Waals surface area contributed by atoms with Crippen LogP contribution in [0.5, 0.6) is 5.75 Å². The maximum absolute atomic E-state index is 13.7. The van der Waals surface area contributed by atoms with Crippen molar-refractivity contribution in [1.29, 1.82) is 5.26 Å². The van der Waals surface area contributed by atoms with Crippen molar-refractivity contribution >= 4 is 5.69 Å². The lowest BCUT2D eigenvalue weighted by molar-refractivity contribution is 0.416. The highest BCUT2D eigenvalue weighted by Crippen LogP contribution is 2.29. The van der Waals surface area contributed by atoms with Gasteiger partial charge in [-0.25, -0.2) is 4.39 Å². The summed E-state index contributed by atoms with van der Waals surface area (Å²) < 4.78 is 19.0. The first kappa shape index (κ1) is 13.9. The van der Waals surface area contributed by atoms with E-state index in [0.29, 0.717) is 16.9 Å². The highest BCUT2D eigenvalue weighted by Gasteiger charge is 2.12. The molecule has 2 rings (SSSR count). The molecule has 2 aromatic rings. The smallest absolute Gasteiger partial charge is 0.143 e. The molecule has 0 fully saturated rings. The van der Waals surface area contributed by atoms with Gasteiger partial charge in [-0.05, 0) is 25.1 Å². The average Bonchev–Trinajstić information content (AvgIpc) is 2.48. The fourth-order valence-corrected chi connectivity index (χ4v) is 2.02. The van der Waals surface area contributed by atoms with E-state index in [9.17, 15) is 4.39 Å². The van der Waals surface area contributed by atoms with E-state index >= 15 is 0 Å². The second kappa shape index (κ2) is 6.07. The lowest BCUT2D eigenvalue weighted by atomic mass is 10.1. The quantitative estimate of drug-likeness (QED) is 0.917. The lowest BCUT2D eigenvalue weighted by Gasteiger charge is -2.18. The van der Waals surface area contributed by atoms with Crippen molar-refractivity contribution in [2.75, 3.05) is 12.4 Å². The van der Waals surface area contributed by atoms with E-state index in [1.165, 1.54) is 13.2 Å². The zero-order chi connectivity index (χ0) is 14.5. The number of rotatable bonds is 4. The molecule has 0 saturated carbocycles. The number of anilines is 1. The number of nitriles is 1. The number of halogens is 1. The van der Waals surface area contributed by atoms with Gasteiger partial charge in [0.2, 0.25) is 0 Å². The van der Waals surface area contributed by atoms with Crippen LogP contribution in [0.2, 0.25) is 0 Å². The maximum atomic E-state index is 13.7. The van der Waals surface area contributed by atoms with Gasteiger partial charge >= 0.3 is 0 Å². The first-order valence-corrected chi connectivity index (χ1v) is 6.25. The van der Waals surface area contributed by atoms with Crippen molar-refractivity contribution < 1.29 is 9.13 Å². The predicted octanol–water partition coefficient (Wildman–Crippen LogP) is 3.88. The van der Waals surface area contributed by atoms with Gasteiger partial charge in [-0.2, -0.15) is 5.26 Å². The van der Waals surface area contributed by atoms with E-state index in [2.05, 4.69) is 11.4 Å². The summed E-state index contributed by atoms with van der Waals surface area (Å²) in [4.78, 5) is 0. The third-order valence-corrected chi connectivity index (χ3v) is 3.07. The topological polar surface area (TPSA) is 45.0 Å². The molecule has 0 aromatic heterocycles. The largest absolute Gasteiger partial charge is 0.495 e. The van der Waals surface area contributed by atoms with Crippen molar-refractivity contribution in [1.82, 2.24) is 0 Å². The molecule has 2 aromatic carbocycles. The Morgan fingerprint density at radius 3 is 2.65 bits per heavy atom. The molecule has 0 radical (unpaired) electrons. The maximum Gasteiger partial charge on any atom is 0.143 e. The second-order valence-electron chi connectivity index (χ2n) is 4.41. The fourth-order valence-electron chi connectivity index (χ4n) is 2.02. The van der Waals surface area contributed by atoms with Crippen molar-refractivity contribution in [3.8, 4) is 11.8 Å². The zero-order valence-electron chi connectivity index (χ0n) is 11.4. The summed E-state index contributed by atoms with van der Waals surface area (Å²) in [5.74, 6) is 0.312. The predicted molar refractivity (Wildman–Crippen MR) is 76.1 cm³/mol. The monoisotopic (exact) mass is 270 g/mol. The van der Waals surface area contributed by atoms with Crippen LogP contribution in [0.1, 0.15) is 24.1 Å². The van der Waals surface area contributed by atoms with Crippen LogP contribution in [0.4, 0.5) is 10.1 Å². The van der Waals surface area contributed by atoms with E-state index in [1.807, 2.05) is 6.92 Å². The van der Waals surface area contributed by atoms with Crippen LogP contribution in [0.25, 0.3) is 0 Å². The SMILES string of the molecule is COc1cc(C#N)ccc1NC(C)c1ccccc1F. The molecule has 0 heterocycles. The average molecular weight is 270 g/mol. The van der Waals surface area contributed by atoms with Gasteiger partial charge in [0.05, 0.1) is 30.5 Å². The molecule has 20 heavy (non-hydrogen) atoms. The third-order valence-electron chi connectivity index (χ3n) is 3.07. The Morgan fingerprint density at radius 2 is 2.00 bits per heavy atom. The molecule has 1 atom stereocenters. The molecular weight excluding hydrogens is 255 g/mol. The molecule has 102 valence electrons. The molecule has 0 spiro atoms. The van der Waals surface area contributed by atoms with Gasteiger partial charge in [0, 0.05) is 11.6 Å². The Morgan fingerprint density at radius 1 is 1.25 bits per heavy atom. The summed E-state index contributed by atoms with van der Waals surface area (Å²) in [6.45, 7) is 1.87. The molecule has 0 aliphatic carbocycles. The summed E-state index contributed by atoms with van der Waals surface area (Å²) in [5, 5.41) is 12.1. The van der Waals surface area contributed by atoms with Crippen LogP contribution in [0, 0.1) is 17.1 Å². The molecule has 1 N–H and O–H groups in total. The van der Waals surface area contributed by atoms with Gasteiger partial charge in [0.1, 0.15) is 11.6 Å². The number of ether oxygens (including phenoxy) is 1. The first-order valence-electron chi connectivity index (χ1n) is 6.25. The third kappa shape index (κ3) is 2.89. The minimum atomic E-state index is -0.250. The Hall–Kier alpha value is -2.54. The Bertz CT molecular complexity index is 649. The minimum Gasteiger partial charge on any atom is -0.495 e. The van der Waals surface area contributed by atoms with Crippen LogP contribution in [-0.4, -0.2) is 7.11 Å². The number of hydrogen-bond donors (Lipinski definition) is 1. The lowest BCUT2D eigenvalue weighted by Crippen LogP contribution is -2.09. The van der Waals surface area contributed by atoms with E-state index in [1.54, 1.807) is 36.4 Å². The highest BCUT2D eigenvalue weighted by atomic mass is 19.1. The van der Waals surface area contributed by atoms with Crippen LogP contribution in [0.15, 0.2) is 42.5 Å². The Balaban J connectivity index is 2.26. The number of nitrogens with zero attached hydrogens (tertiary/aromatic N) is 1. The highest BCUT2D eigenvalue weighted by molar-refractivity contribution is 5.60. The van der Waals surface area contributed by atoms with E-state index in [0.717, 1.165) is 5.69 Å². The molecular formula is C16H15FN2O.